The lowest BCUT2D eigenvalue weighted by atomic mass is 9.97. The van der Waals surface area contributed by atoms with Crippen molar-refractivity contribution in [1.82, 2.24) is 40.5 Å². The normalized spacial score (nSPS) is 18.7. The highest BCUT2D eigenvalue weighted by atomic mass is 19.1. The molecule has 3 N–H and O–H groups in total. The van der Waals surface area contributed by atoms with Crippen LogP contribution in [0.25, 0.3) is 23.0 Å². The fraction of sp³-hybridized carbons (Fsp3) is 0.345. The molecule has 11 nitrogen and oxygen atoms in total. The first-order valence-electron chi connectivity index (χ1n) is 14.0. The molecule has 1 aromatic carbocycles. The minimum atomic E-state index is -0.403. The molecule has 0 unspecified atom stereocenters. The number of H-pyrrole nitrogens is 2. The summed E-state index contributed by atoms with van der Waals surface area (Å²) < 4.78 is 49.6. The molecular formula is C29H29F3N8O3. The maximum atomic E-state index is 13.1. The number of aromatic nitrogens is 6. The van der Waals surface area contributed by atoms with E-state index in [-0.39, 0.29) is 35.2 Å². The molecule has 1 amide bonds. The van der Waals surface area contributed by atoms with Gasteiger partial charge < -0.3 is 29.2 Å². The summed E-state index contributed by atoms with van der Waals surface area (Å²) in [6.07, 6.45) is 6.26. The third-order valence-electron chi connectivity index (χ3n) is 7.46. The summed E-state index contributed by atoms with van der Waals surface area (Å²) in [4.78, 5) is 28.4. The van der Waals surface area contributed by atoms with E-state index >= 15 is 0 Å². The molecule has 0 saturated carbocycles. The number of amides is 1. The van der Waals surface area contributed by atoms with Gasteiger partial charge in [0.25, 0.3) is 5.91 Å². The van der Waals surface area contributed by atoms with Crippen molar-refractivity contribution in [2.75, 3.05) is 26.2 Å². The number of aromatic amines is 2. The first kappa shape index (κ1) is 28.4. The maximum Gasteiger partial charge on any atom is 0.253 e. The smallest absolute Gasteiger partial charge is 0.253 e. The van der Waals surface area contributed by atoms with Crippen LogP contribution in [0, 0.1) is 17.5 Å². The van der Waals surface area contributed by atoms with Gasteiger partial charge in [-0.2, -0.15) is 9.97 Å². The topological polar surface area (TPSA) is 142 Å². The van der Waals surface area contributed by atoms with Gasteiger partial charge in [0.2, 0.25) is 23.4 Å². The van der Waals surface area contributed by atoms with E-state index in [1.807, 2.05) is 0 Å². The van der Waals surface area contributed by atoms with Gasteiger partial charge in [0.05, 0.1) is 23.2 Å². The Morgan fingerprint density at radius 1 is 0.814 bits per heavy atom. The molecule has 0 bridgehead atoms. The Balaban J connectivity index is 0.000000167. The molecule has 2 saturated heterocycles. The number of carbonyl (C=O) groups is 1. The van der Waals surface area contributed by atoms with Gasteiger partial charge in [-0.25, -0.2) is 13.2 Å². The van der Waals surface area contributed by atoms with E-state index in [0.29, 0.717) is 47.6 Å². The number of rotatable bonds is 5. The molecule has 2 aliphatic rings. The van der Waals surface area contributed by atoms with Gasteiger partial charge in [0.15, 0.2) is 0 Å². The third-order valence-corrected chi connectivity index (χ3v) is 7.46. The number of nitrogens with one attached hydrogen (secondary N) is 3. The molecule has 4 aromatic heterocycles. The van der Waals surface area contributed by atoms with E-state index in [0.717, 1.165) is 38.8 Å². The van der Waals surface area contributed by atoms with E-state index in [4.69, 9.17) is 9.05 Å². The van der Waals surface area contributed by atoms with Gasteiger partial charge in [0, 0.05) is 49.7 Å². The summed E-state index contributed by atoms with van der Waals surface area (Å²) >= 11 is 0. The molecule has 224 valence electrons. The SMILES string of the molecule is Fc1c[nH]c(-c2noc([C@H]3CCCNC3)n2)c1.O=C(c1ccc(F)cc1)N1CCC[C@H](c2nc(-c3cc(F)c[nH]3)no2)C1. The predicted molar refractivity (Wildman–Crippen MR) is 147 cm³/mol. The summed E-state index contributed by atoms with van der Waals surface area (Å²) in [5, 5.41) is 11.0. The average Bonchev–Trinajstić information content (AvgIpc) is 3.86. The number of nitrogens with zero attached hydrogens (tertiary/aromatic N) is 5. The Labute approximate surface area is 243 Å². The van der Waals surface area contributed by atoms with Crippen molar-refractivity contribution in [2.45, 2.75) is 37.5 Å². The molecule has 0 aliphatic carbocycles. The van der Waals surface area contributed by atoms with Crippen LogP contribution < -0.4 is 5.32 Å². The number of carbonyl (C=O) groups excluding carboxylic acids is 1. The molecule has 0 spiro atoms. The number of piperidine rings is 2. The number of likely N-dealkylation sites (tertiary alicyclic amines) is 1. The van der Waals surface area contributed by atoms with Gasteiger partial charge in [-0.3, -0.25) is 4.79 Å². The predicted octanol–water partition coefficient (Wildman–Crippen LogP) is 5.03. The first-order valence-corrected chi connectivity index (χ1v) is 14.0. The quantitative estimate of drug-likeness (QED) is 0.257. The summed E-state index contributed by atoms with van der Waals surface area (Å²) in [6.45, 7) is 2.96. The molecule has 43 heavy (non-hydrogen) atoms. The molecule has 6 heterocycles. The molecule has 2 fully saturated rings. The second kappa shape index (κ2) is 12.7. The zero-order chi connectivity index (χ0) is 29.8. The van der Waals surface area contributed by atoms with Crippen LogP contribution in [0.3, 0.4) is 0 Å². The second-order valence-corrected chi connectivity index (χ2v) is 10.5. The lowest BCUT2D eigenvalue weighted by molar-refractivity contribution is 0.0695. The Morgan fingerprint density at radius 3 is 1.98 bits per heavy atom. The van der Waals surface area contributed by atoms with Crippen LogP contribution in [0.2, 0.25) is 0 Å². The lowest BCUT2D eigenvalue weighted by Crippen LogP contribution is -2.39. The molecule has 7 rings (SSSR count). The Hall–Kier alpha value is -4.72. The zero-order valence-corrected chi connectivity index (χ0v) is 23.0. The van der Waals surface area contributed by atoms with E-state index in [1.165, 1.54) is 48.8 Å². The number of hydrogen-bond acceptors (Lipinski definition) is 8. The highest BCUT2D eigenvalue weighted by molar-refractivity contribution is 5.94. The number of halogens is 3. The summed E-state index contributed by atoms with van der Waals surface area (Å²) in [5.74, 6) is 0.664. The fourth-order valence-electron chi connectivity index (χ4n) is 5.22. The van der Waals surface area contributed by atoms with Crippen LogP contribution >= 0.6 is 0 Å². The highest BCUT2D eigenvalue weighted by Gasteiger charge is 2.29. The Bertz CT molecular complexity index is 1650. The van der Waals surface area contributed by atoms with Gasteiger partial charge in [-0.1, -0.05) is 10.3 Å². The van der Waals surface area contributed by atoms with E-state index in [2.05, 4.69) is 35.6 Å². The average molecular weight is 595 g/mol. The summed E-state index contributed by atoms with van der Waals surface area (Å²) in [6, 6.07) is 8.15. The highest BCUT2D eigenvalue weighted by Crippen LogP contribution is 2.28. The minimum Gasteiger partial charge on any atom is -0.356 e. The van der Waals surface area contributed by atoms with E-state index < -0.39 is 5.82 Å². The van der Waals surface area contributed by atoms with Gasteiger partial charge in [-0.05, 0) is 56.5 Å². The molecule has 2 aliphatic heterocycles. The van der Waals surface area contributed by atoms with Gasteiger partial charge in [-0.15, -0.1) is 0 Å². The zero-order valence-electron chi connectivity index (χ0n) is 23.0. The maximum absolute atomic E-state index is 13.1. The lowest BCUT2D eigenvalue weighted by Gasteiger charge is -2.31. The van der Waals surface area contributed by atoms with Crippen LogP contribution in [0.4, 0.5) is 13.2 Å². The van der Waals surface area contributed by atoms with Crippen LogP contribution in [-0.4, -0.2) is 67.2 Å². The van der Waals surface area contributed by atoms with Crippen molar-refractivity contribution in [3.05, 3.63) is 83.6 Å². The van der Waals surface area contributed by atoms with Crippen molar-refractivity contribution in [2.24, 2.45) is 0 Å². The van der Waals surface area contributed by atoms with Gasteiger partial charge >= 0.3 is 0 Å². The van der Waals surface area contributed by atoms with Crippen LogP contribution in [0.1, 0.15) is 59.7 Å². The molecule has 2 atom stereocenters. The van der Waals surface area contributed by atoms with E-state index in [9.17, 15) is 18.0 Å². The largest absolute Gasteiger partial charge is 0.356 e. The van der Waals surface area contributed by atoms with Crippen molar-refractivity contribution in [3.8, 4) is 23.0 Å². The first-order chi connectivity index (χ1) is 20.9. The summed E-state index contributed by atoms with van der Waals surface area (Å²) in [5.41, 5.74) is 1.42. The standard InChI is InChI=1S/C18H16F2N4O2.C11H13FN4O/c19-13-5-3-11(4-6-13)18(25)24-7-1-2-12(10-24)17-22-16(23-26-17)15-8-14(20)9-21-15;12-8-4-9(14-6-8)10-15-11(17-16-10)7-2-1-3-13-5-7/h3-6,8-9,12,21H,1-2,7,10H2;4,6-7,13-14H,1-3,5H2/t12-;7-/m00/s1. The third kappa shape index (κ3) is 6.69. The fourth-order valence-corrected chi connectivity index (χ4v) is 5.22. The second-order valence-electron chi connectivity index (χ2n) is 10.5. The van der Waals surface area contributed by atoms with Crippen molar-refractivity contribution >= 4 is 5.91 Å². The van der Waals surface area contributed by atoms with Crippen molar-refractivity contribution in [3.63, 3.8) is 0 Å². The number of hydrogen-bond donors (Lipinski definition) is 3. The van der Waals surface area contributed by atoms with Crippen LogP contribution in [0.5, 0.6) is 0 Å². The number of benzene rings is 1. The van der Waals surface area contributed by atoms with Crippen molar-refractivity contribution < 1.29 is 27.0 Å². The Morgan fingerprint density at radius 2 is 1.42 bits per heavy atom. The minimum absolute atomic E-state index is 0.0887. The summed E-state index contributed by atoms with van der Waals surface area (Å²) in [7, 11) is 0. The van der Waals surface area contributed by atoms with E-state index in [1.54, 1.807) is 4.90 Å². The van der Waals surface area contributed by atoms with Crippen molar-refractivity contribution in [1.29, 1.82) is 0 Å². The van der Waals surface area contributed by atoms with Crippen LogP contribution in [-0.2, 0) is 0 Å². The monoisotopic (exact) mass is 594 g/mol. The Kier molecular flexibility index (Phi) is 8.36. The van der Waals surface area contributed by atoms with Crippen LogP contribution in [0.15, 0.2) is 57.8 Å². The molecule has 5 aromatic rings. The molecule has 0 radical (unpaired) electrons. The molecule has 14 heteroatoms. The molecular weight excluding hydrogens is 565 g/mol. The van der Waals surface area contributed by atoms with Gasteiger partial charge in [0.1, 0.15) is 17.5 Å².